The van der Waals surface area contributed by atoms with Gasteiger partial charge in [-0.05, 0) is 0 Å². The highest BCUT2D eigenvalue weighted by atomic mass is 16.4. The topological polar surface area (TPSA) is 26.3 Å². The third-order valence-corrected chi connectivity index (χ3v) is 0.192. The van der Waals surface area contributed by atoms with Crippen LogP contribution in [0.3, 0.4) is 0 Å². The van der Waals surface area contributed by atoms with Crippen LogP contribution in [-0.2, 0) is 9.45 Å². The van der Waals surface area contributed by atoms with Gasteiger partial charge in [-0.15, -0.1) is 0 Å². The SMILES string of the molecule is CO[B]C=O.[2H]C. The maximum atomic E-state index is 9.22. The van der Waals surface area contributed by atoms with Crippen molar-refractivity contribution in [2.45, 2.75) is 7.40 Å². The van der Waals surface area contributed by atoms with Gasteiger partial charge in [0.2, 0.25) is 0 Å². The van der Waals surface area contributed by atoms with Crippen molar-refractivity contribution in [2.24, 2.45) is 0 Å². The third-order valence-electron chi connectivity index (χ3n) is 0.192. The molecule has 0 saturated heterocycles. The first-order valence-corrected chi connectivity index (χ1v) is 1.21. The van der Waals surface area contributed by atoms with E-state index >= 15 is 0 Å². The van der Waals surface area contributed by atoms with Crippen LogP contribution in [0.1, 0.15) is 8.77 Å². The summed E-state index contributed by atoms with van der Waals surface area (Å²) in [4.78, 5) is 9.22. The van der Waals surface area contributed by atoms with E-state index in [0.29, 0.717) is 6.19 Å². The lowest BCUT2D eigenvalue weighted by Gasteiger charge is -1.72. The van der Waals surface area contributed by atoms with Gasteiger partial charge in [-0.25, -0.2) is 0 Å². The number of rotatable bonds is 2. The van der Waals surface area contributed by atoms with Crippen molar-refractivity contribution in [1.29, 1.82) is 0 Å². The summed E-state index contributed by atoms with van der Waals surface area (Å²) in [6.45, 7) is 0. The average Bonchev–Trinajstić information content (AvgIpc) is 1.75. The number of carbonyl (C=O) groups is 1. The second-order valence-corrected chi connectivity index (χ2v) is 0.508. The standard InChI is InChI=1S/C2H4BO2.CH4/c1-5-3-2-4;/h2H,1H3;1H4/i;1D. The molecule has 0 bridgehead atoms. The number of hydrogen-bond donors (Lipinski definition) is 0. The van der Waals surface area contributed by atoms with Crippen molar-refractivity contribution < 1.29 is 10.8 Å². The van der Waals surface area contributed by atoms with E-state index in [9.17, 15) is 4.79 Å². The fourth-order valence-corrected chi connectivity index (χ4v) is 0.0556. The zero-order chi connectivity index (χ0) is 6.12. The van der Waals surface area contributed by atoms with E-state index in [1.165, 1.54) is 14.5 Å². The Kier molecular flexibility index (Phi) is 8.38. The molecule has 0 saturated carbocycles. The summed E-state index contributed by atoms with van der Waals surface area (Å²) >= 11 is 0. The molecule has 0 aliphatic heterocycles. The third kappa shape index (κ3) is 9.34. The summed E-state index contributed by atoms with van der Waals surface area (Å²) in [5.41, 5.74) is 0. The molecule has 0 atom stereocenters. The molecular formula is C3H8BO2. The molecule has 0 aliphatic carbocycles. The first-order chi connectivity index (χ1) is 3.41. The van der Waals surface area contributed by atoms with E-state index in [2.05, 4.69) is 4.65 Å². The van der Waals surface area contributed by atoms with Gasteiger partial charge in [-0.1, -0.05) is 7.40 Å². The highest BCUT2D eigenvalue weighted by molar-refractivity contribution is 6.61. The first kappa shape index (κ1) is 5.69. The van der Waals surface area contributed by atoms with Gasteiger partial charge in [0.15, 0.2) is 0 Å². The van der Waals surface area contributed by atoms with Crippen molar-refractivity contribution in [3.05, 3.63) is 0 Å². The van der Waals surface area contributed by atoms with Gasteiger partial charge < -0.3 is 9.45 Å². The molecule has 0 amide bonds. The lowest BCUT2D eigenvalue weighted by molar-refractivity contribution is 0.447. The molecule has 0 heterocycles. The first-order valence-electron chi connectivity index (χ1n) is 2.21. The molecule has 3 heteroatoms. The van der Waals surface area contributed by atoms with Crippen LogP contribution in [0.25, 0.3) is 0 Å². The van der Waals surface area contributed by atoms with Gasteiger partial charge in [0.1, 0.15) is 6.19 Å². The van der Waals surface area contributed by atoms with Gasteiger partial charge >= 0.3 is 7.48 Å². The van der Waals surface area contributed by atoms with Crippen LogP contribution in [-0.4, -0.2) is 20.8 Å². The van der Waals surface area contributed by atoms with Gasteiger partial charge in [0.05, 0.1) is 0 Å². The molecule has 0 N–H and O–H groups in total. The minimum Gasteiger partial charge on any atom is -0.435 e. The Hall–Kier alpha value is -0.305. The van der Waals surface area contributed by atoms with Crippen LogP contribution in [0.4, 0.5) is 0 Å². The largest absolute Gasteiger partial charge is 0.435 e. The normalized spacial score (nSPS) is 6.67. The smallest absolute Gasteiger partial charge is 0.371 e. The van der Waals surface area contributed by atoms with E-state index in [0.717, 1.165) is 7.48 Å². The van der Waals surface area contributed by atoms with Crippen molar-refractivity contribution in [2.75, 3.05) is 7.11 Å². The second-order valence-electron chi connectivity index (χ2n) is 0.508. The Morgan fingerprint density at radius 3 is 2.67 bits per heavy atom. The maximum absolute atomic E-state index is 9.22. The molecule has 0 aromatic carbocycles. The van der Waals surface area contributed by atoms with Crippen molar-refractivity contribution in [3.63, 3.8) is 0 Å². The highest BCUT2D eigenvalue weighted by Gasteiger charge is 1.73. The molecule has 0 aliphatic rings. The van der Waals surface area contributed by atoms with E-state index in [4.69, 9.17) is 1.37 Å². The zero-order valence-electron chi connectivity index (χ0n) is 4.97. The summed E-state index contributed by atoms with van der Waals surface area (Å²) < 4.78 is 9.95. The van der Waals surface area contributed by atoms with Crippen LogP contribution in [0.15, 0.2) is 0 Å². The fourth-order valence-electron chi connectivity index (χ4n) is 0.0556. The molecule has 35 valence electrons. The number of carbonyl (C=O) groups excluding carboxylic acids is 1. The predicted molar refractivity (Wildman–Crippen MR) is 26.2 cm³/mol. The molecule has 0 aromatic heterocycles. The Morgan fingerprint density at radius 2 is 2.67 bits per heavy atom. The molecule has 0 unspecified atom stereocenters. The van der Waals surface area contributed by atoms with Crippen LogP contribution in [0.5, 0.6) is 0 Å². The fraction of sp³-hybridized carbons (Fsp3) is 0.667. The van der Waals surface area contributed by atoms with Gasteiger partial charge in [0.25, 0.3) is 0 Å². The Morgan fingerprint density at radius 1 is 2.17 bits per heavy atom. The molecule has 0 spiro atoms. The van der Waals surface area contributed by atoms with Crippen LogP contribution < -0.4 is 0 Å². The van der Waals surface area contributed by atoms with Crippen molar-refractivity contribution in [3.8, 4) is 0 Å². The zero-order valence-corrected chi connectivity index (χ0v) is 3.97. The van der Waals surface area contributed by atoms with E-state index in [-0.39, 0.29) is 0 Å². The predicted octanol–water partition coefficient (Wildman–Crippen LogP) is 0.0783. The average molecular weight is 87.9 g/mol. The van der Waals surface area contributed by atoms with Crippen LogP contribution in [0, 0.1) is 0 Å². The molecule has 0 rings (SSSR count). The van der Waals surface area contributed by atoms with E-state index in [1.807, 2.05) is 0 Å². The quantitative estimate of drug-likeness (QED) is 0.353. The van der Waals surface area contributed by atoms with Gasteiger partial charge in [-0.2, -0.15) is 0 Å². The number of hydrogen-bond acceptors (Lipinski definition) is 2. The van der Waals surface area contributed by atoms with Crippen molar-refractivity contribution >= 4 is 13.7 Å². The monoisotopic (exact) mass is 88.1 g/mol. The maximum Gasteiger partial charge on any atom is 0.371 e. The summed E-state index contributed by atoms with van der Waals surface area (Å²) in [5, 5.41) is 0. The second kappa shape index (κ2) is 8.83. The van der Waals surface area contributed by atoms with E-state index in [1.54, 1.807) is 0 Å². The van der Waals surface area contributed by atoms with Crippen molar-refractivity contribution in [1.82, 2.24) is 0 Å². The lowest BCUT2D eigenvalue weighted by Crippen LogP contribution is -1.91. The molecule has 2 nitrogen and oxygen atoms in total. The molecular weight excluding hydrogens is 78.8 g/mol. The molecule has 1 radical (unpaired) electrons. The molecule has 0 aromatic rings. The van der Waals surface area contributed by atoms with E-state index < -0.39 is 0 Å². The minimum absolute atomic E-state index is 0.583. The summed E-state index contributed by atoms with van der Waals surface area (Å²) in [6.07, 6.45) is 0.583. The van der Waals surface area contributed by atoms with Gasteiger partial charge in [-0.3, -0.25) is 0 Å². The molecule has 0 fully saturated rings. The minimum atomic E-state index is 0.583. The Labute approximate surface area is 40.2 Å². The summed E-state index contributed by atoms with van der Waals surface area (Å²) in [6, 6.07) is 0. The molecule has 6 heavy (non-hydrogen) atoms. The highest BCUT2D eigenvalue weighted by Crippen LogP contribution is 1.44. The van der Waals surface area contributed by atoms with Crippen LogP contribution >= 0.6 is 0 Å². The van der Waals surface area contributed by atoms with Gasteiger partial charge in [0, 0.05) is 8.48 Å². The summed E-state index contributed by atoms with van der Waals surface area (Å²) in [5.74, 6) is 0. The summed E-state index contributed by atoms with van der Waals surface area (Å²) in [7, 11) is 3.74. The lowest BCUT2D eigenvalue weighted by atomic mass is 10.1. The Balaban J connectivity index is 0. The van der Waals surface area contributed by atoms with Crippen LogP contribution in [0.2, 0.25) is 0 Å². The Bertz CT molecular complexity index is 34.1.